The number of hydrogen-bond acceptors (Lipinski definition) is 1. The topological polar surface area (TPSA) is 12.0 Å². The van der Waals surface area contributed by atoms with E-state index in [1.165, 1.54) is 23.1 Å². The van der Waals surface area contributed by atoms with Crippen LogP contribution in [0, 0.1) is 12.3 Å². The van der Waals surface area contributed by atoms with Crippen LogP contribution < -0.4 is 5.32 Å². The average Bonchev–Trinajstić information content (AvgIpc) is 2.65. The molecule has 3 rings (SSSR count). The highest BCUT2D eigenvalue weighted by atomic mass is 35.5. The molecule has 0 aromatic heterocycles. The first-order chi connectivity index (χ1) is 7.62. The van der Waals surface area contributed by atoms with E-state index < -0.39 is 0 Å². The van der Waals surface area contributed by atoms with Gasteiger partial charge in [-0.3, -0.25) is 0 Å². The minimum Gasteiger partial charge on any atom is -0.316 e. The quantitative estimate of drug-likeness (QED) is 0.759. The highest BCUT2D eigenvalue weighted by Crippen LogP contribution is 2.49. The zero-order chi connectivity index (χ0) is 11.3. The number of rotatable bonds is 0. The van der Waals surface area contributed by atoms with Crippen molar-refractivity contribution in [2.24, 2.45) is 5.41 Å². The maximum Gasteiger partial charge on any atom is 0.0470 e. The lowest BCUT2D eigenvalue weighted by Gasteiger charge is -2.37. The zero-order valence-electron chi connectivity index (χ0n) is 10.3. The Bertz CT molecular complexity index is 444. The normalized spacial score (nSPS) is 30.4. The first-order valence-electron chi connectivity index (χ1n) is 6.10. The summed E-state index contributed by atoms with van der Waals surface area (Å²) in [6.07, 6.45) is 2.41. The molecule has 0 spiro atoms. The number of fused-ring (bicyclic) bond motifs is 3. The number of nitrogens with one attached hydrogen (secondary N) is 1. The van der Waals surface area contributed by atoms with Gasteiger partial charge in [-0.2, -0.15) is 0 Å². The molecule has 0 radical (unpaired) electrons. The van der Waals surface area contributed by atoms with Crippen LogP contribution in [0.5, 0.6) is 0 Å². The average molecular weight is 272 g/mol. The Morgan fingerprint density at radius 2 is 2.18 bits per heavy atom. The van der Waals surface area contributed by atoms with Crippen molar-refractivity contribution in [2.45, 2.75) is 32.6 Å². The molecule has 1 aromatic rings. The molecule has 1 heterocycles. The summed E-state index contributed by atoms with van der Waals surface area (Å²) in [6, 6.07) is 4.47. The van der Waals surface area contributed by atoms with Crippen LogP contribution in [-0.2, 0) is 6.42 Å². The third-order valence-corrected chi connectivity index (χ3v) is 5.04. The number of hydrogen-bond donors (Lipinski definition) is 1. The van der Waals surface area contributed by atoms with E-state index in [0.717, 1.165) is 24.5 Å². The van der Waals surface area contributed by atoms with Crippen LogP contribution >= 0.6 is 24.0 Å². The smallest absolute Gasteiger partial charge is 0.0470 e. The molecule has 1 fully saturated rings. The van der Waals surface area contributed by atoms with Gasteiger partial charge in [0.1, 0.15) is 0 Å². The molecule has 94 valence electrons. The third kappa shape index (κ3) is 1.89. The summed E-state index contributed by atoms with van der Waals surface area (Å²) in [5.41, 5.74) is 4.57. The predicted molar refractivity (Wildman–Crippen MR) is 75.5 cm³/mol. The fourth-order valence-corrected chi connectivity index (χ4v) is 3.63. The maximum atomic E-state index is 6.43. The van der Waals surface area contributed by atoms with Crippen molar-refractivity contribution in [3.63, 3.8) is 0 Å². The van der Waals surface area contributed by atoms with E-state index in [0.29, 0.717) is 11.3 Å². The molecule has 1 saturated heterocycles. The Labute approximate surface area is 114 Å². The van der Waals surface area contributed by atoms with Gasteiger partial charge in [-0.25, -0.2) is 0 Å². The Morgan fingerprint density at radius 3 is 2.94 bits per heavy atom. The van der Waals surface area contributed by atoms with Crippen LogP contribution in [0.2, 0.25) is 5.02 Å². The van der Waals surface area contributed by atoms with Crippen LogP contribution in [0.3, 0.4) is 0 Å². The lowest BCUT2D eigenvalue weighted by Crippen LogP contribution is -2.30. The lowest BCUT2D eigenvalue weighted by atomic mass is 9.67. The molecule has 0 bridgehead atoms. The van der Waals surface area contributed by atoms with Crippen molar-refractivity contribution in [3.05, 3.63) is 33.8 Å². The summed E-state index contributed by atoms with van der Waals surface area (Å²) in [6.45, 7) is 6.78. The van der Waals surface area contributed by atoms with E-state index in [9.17, 15) is 0 Å². The van der Waals surface area contributed by atoms with Gasteiger partial charge in [-0.1, -0.05) is 30.7 Å². The van der Waals surface area contributed by atoms with E-state index in [1.54, 1.807) is 0 Å². The minimum atomic E-state index is 0. The number of aryl methyl sites for hydroxylation is 1. The number of benzene rings is 1. The number of halogens is 2. The fraction of sp³-hybridized carbons (Fsp3) is 0.571. The molecule has 3 heteroatoms. The second-order valence-electron chi connectivity index (χ2n) is 5.60. The van der Waals surface area contributed by atoms with Gasteiger partial charge in [0.25, 0.3) is 0 Å². The summed E-state index contributed by atoms with van der Waals surface area (Å²) >= 11 is 6.43. The summed E-state index contributed by atoms with van der Waals surface area (Å²) in [4.78, 5) is 0. The van der Waals surface area contributed by atoms with Crippen LogP contribution in [0.4, 0.5) is 0 Å². The molecular formula is C14H19Cl2N. The van der Waals surface area contributed by atoms with Gasteiger partial charge in [-0.15, -0.1) is 12.4 Å². The van der Waals surface area contributed by atoms with Crippen molar-refractivity contribution in [2.75, 3.05) is 13.1 Å². The molecule has 1 N–H and O–H groups in total. The second-order valence-corrected chi connectivity index (χ2v) is 5.98. The van der Waals surface area contributed by atoms with Crippen molar-refractivity contribution in [1.82, 2.24) is 5.32 Å². The van der Waals surface area contributed by atoms with Gasteiger partial charge in [0.05, 0.1) is 0 Å². The van der Waals surface area contributed by atoms with Crippen LogP contribution in [0.1, 0.15) is 36.0 Å². The molecule has 1 aliphatic carbocycles. The van der Waals surface area contributed by atoms with Crippen molar-refractivity contribution in [1.29, 1.82) is 0 Å². The highest BCUT2D eigenvalue weighted by molar-refractivity contribution is 6.32. The predicted octanol–water partition coefficient (Wildman–Crippen LogP) is 3.71. The van der Waals surface area contributed by atoms with Gasteiger partial charge in [-0.05, 0) is 41.9 Å². The van der Waals surface area contributed by atoms with Crippen LogP contribution in [0.15, 0.2) is 12.1 Å². The Balaban J connectivity index is 0.00000108. The van der Waals surface area contributed by atoms with Gasteiger partial charge < -0.3 is 5.32 Å². The van der Waals surface area contributed by atoms with Crippen molar-refractivity contribution < 1.29 is 0 Å². The third-order valence-electron chi connectivity index (χ3n) is 4.51. The van der Waals surface area contributed by atoms with Gasteiger partial charge in [0.2, 0.25) is 0 Å². The highest BCUT2D eigenvalue weighted by Gasteiger charge is 2.43. The first kappa shape index (κ1) is 13.2. The summed E-state index contributed by atoms with van der Waals surface area (Å²) in [7, 11) is 0. The van der Waals surface area contributed by atoms with E-state index >= 15 is 0 Å². The molecule has 0 unspecified atom stereocenters. The fourth-order valence-electron chi connectivity index (χ4n) is 3.36. The molecule has 2 aliphatic rings. The molecule has 1 nitrogen and oxygen atoms in total. The zero-order valence-corrected chi connectivity index (χ0v) is 11.9. The molecule has 2 atom stereocenters. The van der Waals surface area contributed by atoms with E-state index in [-0.39, 0.29) is 12.4 Å². The van der Waals surface area contributed by atoms with Gasteiger partial charge >= 0.3 is 0 Å². The standard InChI is InChI=1S/C14H18ClN.ClH/c1-9-3-4-10-11(13(9)15)5-6-14(2)8-16-7-12(10)14;/h3-4,12,16H,5-8H2,1-2H3;1H/t12-,14+;/m0./s1. The monoisotopic (exact) mass is 271 g/mol. The van der Waals surface area contributed by atoms with Gasteiger partial charge in [0.15, 0.2) is 0 Å². The molecule has 1 aliphatic heterocycles. The second kappa shape index (κ2) is 4.46. The summed E-state index contributed by atoms with van der Waals surface area (Å²) < 4.78 is 0. The van der Waals surface area contributed by atoms with Crippen LogP contribution in [-0.4, -0.2) is 13.1 Å². The lowest BCUT2D eigenvalue weighted by molar-refractivity contribution is 0.277. The molecule has 1 aromatic carbocycles. The largest absolute Gasteiger partial charge is 0.316 e. The Kier molecular flexibility index (Phi) is 3.46. The van der Waals surface area contributed by atoms with Gasteiger partial charge in [0, 0.05) is 24.0 Å². The Morgan fingerprint density at radius 1 is 1.41 bits per heavy atom. The van der Waals surface area contributed by atoms with Crippen molar-refractivity contribution >= 4 is 24.0 Å². The minimum absolute atomic E-state index is 0. The molecule has 0 saturated carbocycles. The molecule has 0 amide bonds. The molecular weight excluding hydrogens is 253 g/mol. The first-order valence-corrected chi connectivity index (χ1v) is 6.48. The SMILES string of the molecule is Cc1ccc2c(c1Cl)CC[C@]1(C)CNC[C@@H]21.Cl. The summed E-state index contributed by atoms with van der Waals surface area (Å²) in [5, 5.41) is 4.54. The van der Waals surface area contributed by atoms with E-state index in [4.69, 9.17) is 11.6 Å². The van der Waals surface area contributed by atoms with E-state index in [2.05, 4.69) is 31.3 Å². The van der Waals surface area contributed by atoms with Crippen LogP contribution in [0.25, 0.3) is 0 Å². The summed E-state index contributed by atoms with van der Waals surface area (Å²) in [5.74, 6) is 0.661. The van der Waals surface area contributed by atoms with Crippen molar-refractivity contribution in [3.8, 4) is 0 Å². The van der Waals surface area contributed by atoms with E-state index in [1.807, 2.05) is 0 Å². The Hall–Kier alpha value is -0.240. The molecule has 17 heavy (non-hydrogen) atoms. The maximum absolute atomic E-state index is 6.43.